The number of carbonyl (C=O) groups excluding carboxylic acids is 1. The van der Waals surface area contributed by atoms with Crippen molar-refractivity contribution in [3.63, 3.8) is 0 Å². The Bertz CT molecular complexity index is 461. The normalized spacial score (nSPS) is 19.6. The molecule has 1 unspecified atom stereocenters. The minimum atomic E-state index is -0.388. The lowest BCUT2D eigenvalue weighted by Gasteiger charge is -2.27. The molecule has 18 heavy (non-hydrogen) atoms. The minimum Gasteiger partial charge on any atom is -0.335 e. The first-order valence-corrected chi connectivity index (χ1v) is 7.06. The summed E-state index contributed by atoms with van der Waals surface area (Å²) in [6.45, 7) is 5.02. The minimum absolute atomic E-state index is 0.0578. The Morgan fingerprint density at radius 1 is 1.50 bits per heavy atom. The van der Waals surface area contributed by atoms with Crippen LogP contribution >= 0.6 is 15.9 Å². The van der Waals surface area contributed by atoms with E-state index in [2.05, 4.69) is 29.8 Å². The standard InChI is InChI=1S/C14H17BrFNO/c1-9(2)13-4-3-7-17(13)14(18)10-5-6-11(15)12(16)8-10/h5-6,8-9,13H,3-4,7H2,1-2H3. The van der Waals surface area contributed by atoms with Crippen LogP contribution in [0.5, 0.6) is 0 Å². The molecule has 0 bridgehead atoms. The molecule has 2 rings (SSSR count). The summed E-state index contributed by atoms with van der Waals surface area (Å²) in [5, 5.41) is 0. The molecule has 1 amide bonds. The Hall–Kier alpha value is -0.900. The number of hydrogen-bond donors (Lipinski definition) is 0. The molecule has 1 heterocycles. The van der Waals surface area contributed by atoms with Crippen molar-refractivity contribution in [1.29, 1.82) is 0 Å². The Labute approximate surface area is 115 Å². The zero-order valence-corrected chi connectivity index (χ0v) is 12.2. The smallest absolute Gasteiger partial charge is 0.254 e. The van der Waals surface area contributed by atoms with Crippen LogP contribution < -0.4 is 0 Å². The van der Waals surface area contributed by atoms with E-state index in [0.717, 1.165) is 19.4 Å². The van der Waals surface area contributed by atoms with E-state index in [-0.39, 0.29) is 17.8 Å². The molecule has 0 N–H and O–H groups in total. The maximum Gasteiger partial charge on any atom is 0.254 e. The fourth-order valence-electron chi connectivity index (χ4n) is 2.53. The number of benzene rings is 1. The highest BCUT2D eigenvalue weighted by atomic mass is 79.9. The van der Waals surface area contributed by atoms with Crippen molar-refractivity contribution in [3.05, 3.63) is 34.1 Å². The van der Waals surface area contributed by atoms with E-state index in [1.54, 1.807) is 12.1 Å². The van der Waals surface area contributed by atoms with E-state index < -0.39 is 0 Å². The lowest BCUT2D eigenvalue weighted by Crippen LogP contribution is -2.38. The van der Waals surface area contributed by atoms with Crippen molar-refractivity contribution in [1.82, 2.24) is 4.90 Å². The second-order valence-electron chi connectivity index (χ2n) is 5.08. The van der Waals surface area contributed by atoms with E-state index in [9.17, 15) is 9.18 Å². The number of carbonyl (C=O) groups is 1. The van der Waals surface area contributed by atoms with Crippen LogP contribution in [0.2, 0.25) is 0 Å². The quantitative estimate of drug-likeness (QED) is 0.812. The van der Waals surface area contributed by atoms with Gasteiger partial charge in [-0.15, -0.1) is 0 Å². The van der Waals surface area contributed by atoms with Crippen LogP contribution in [0.25, 0.3) is 0 Å². The third-order valence-electron chi connectivity index (χ3n) is 3.50. The first kappa shape index (κ1) is 13.5. The van der Waals surface area contributed by atoms with Gasteiger partial charge in [0.2, 0.25) is 0 Å². The van der Waals surface area contributed by atoms with Crippen LogP contribution in [0.1, 0.15) is 37.0 Å². The fourth-order valence-corrected chi connectivity index (χ4v) is 2.78. The summed E-state index contributed by atoms with van der Waals surface area (Å²) in [4.78, 5) is 14.3. The number of rotatable bonds is 2. The summed E-state index contributed by atoms with van der Waals surface area (Å²) in [6, 6.07) is 4.85. The maximum absolute atomic E-state index is 13.5. The van der Waals surface area contributed by atoms with Crippen LogP contribution in [-0.4, -0.2) is 23.4 Å². The highest BCUT2D eigenvalue weighted by molar-refractivity contribution is 9.10. The van der Waals surface area contributed by atoms with Crippen LogP contribution in [0.3, 0.4) is 0 Å². The Morgan fingerprint density at radius 2 is 2.22 bits per heavy atom. The molecule has 2 nitrogen and oxygen atoms in total. The van der Waals surface area contributed by atoms with Crippen LogP contribution in [-0.2, 0) is 0 Å². The number of nitrogens with zero attached hydrogens (tertiary/aromatic N) is 1. The molecule has 98 valence electrons. The molecule has 1 atom stereocenters. The highest BCUT2D eigenvalue weighted by Gasteiger charge is 2.31. The summed E-state index contributed by atoms with van der Waals surface area (Å²) in [5.74, 6) is -0.00418. The molecule has 4 heteroatoms. The molecule has 1 saturated heterocycles. The topological polar surface area (TPSA) is 20.3 Å². The third-order valence-corrected chi connectivity index (χ3v) is 4.14. The van der Waals surface area contributed by atoms with Gasteiger partial charge in [0.25, 0.3) is 5.91 Å². The van der Waals surface area contributed by atoms with Crippen LogP contribution in [0.4, 0.5) is 4.39 Å². The largest absolute Gasteiger partial charge is 0.335 e. The van der Waals surface area contributed by atoms with E-state index in [4.69, 9.17) is 0 Å². The van der Waals surface area contributed by atoms with Gasteiger partial charge in [-0.2, -0.15) is 0 Å². The molecule has 0 aromatic heterocycles. The Kier molecular flexibility index (Phi) is 4.05. The Morgan fingerprint density at radius 3 is 2.83 bits per heavy atom. The van der Waals surface area contributed by atoms with Gasteiger partial charge in [0.05, 0.1) is 4.47 Å². The number of likely N-dealkylation sites (tertiary alicyclic amines) is 1. The summed E-state index contributed by atoms with van der Waals surface area (Å²) < 4.78 is 13.9. The van der Waals surface area contributed by atoms with Crippen molar-refractivity contribution in [2.24, 2.45) is 5.92 Å². The van der Waals surface area contributed by atoms with E-state index >= 15 is 0 Å². The van der Waals surface area contributed by atoms with Crippen molar-refractivity contribution >= 4 is 21.8 Å². The van der Waals surface area contributed by atoms with Gasteiger partial charge >= 0.3 is 0 Å². The number of hydrogen-bond acceptors (Lipinski definition) is 1. The van der Waals surface area contributed by atoms with Crippen LogP contribution in [0.15, 0.2) is 22.7 Å². The summed E-state index contributed by atoms with van der Waals surface area (Å²) in [7, 11) is 0. The second-order valence-corrected chi connectivity index (χ2v) is 5.94. The predicted octanol–water partition coefficient (Wildman–Crippen LogP) is 3.85. The monoisotopic (exact) mass is 313 g/mol. The van der Waals surface area contributed by atoms with Gasteiger partial charge in [0.1, 0.15) is 5.82 Å². The first-order valence-electron chi connectivity index (χ1n) is 6.26. The molecular formula is C14H17BrFNO. The third kappa shape index (κ3) is 2.58. The van der Waals surface area contributed by atoms with Gasteiger partial charge in [0, 0.05) is 18.2 Å². The molecule has 1 fully saturated rings. The summed E-state index contributed by atoms with van der Waals surface area (Å²) in [5.41, 5.74) is 0.434. The number of halogens is 2. The summed E-state index contributed by atoms with van der Waals surface area (Å²) in [6.07, 6.45) is 2.08. The average molecular weight is 314 g/mol. The van der Waals surface area contributed by atoms with Gasteiger partial charge in [-0.05, 0) is 52.9 Å². The molecule has 0 saturated carbocycles. The number of amides is 1. The van der Waals surface area contributed by atoms with Gasteiger partial charge in [0.15, 0.2) is 0 Å². The van der Waals surface area contributed by atoms with Crippen molar-refractivity contribution in [2.45, 2.75) is 32.7 Å². The fraction of sp³-hybridized carbons (Fsp3) is 0.500. The molecular weight excluding hydrogens is 297 g/mol. The predicted molar refractivity (Wildman–Crippen MR) is 73.0 cm³/mol. The first-order chi connectivity index (χ1) is 8.50. The van der Waals surface area contributed by atoms with Gasteiger partial charge in [-0.3, -0.25) is 4.79 Å². The molecule has 0 spiro atoms. The van der Waals surface area contributed by atoms with Crippen LogP contribution in [0, 0.1) is 11.7 Å². The molecule has 0 radical (unpaired) electrons. The SMILES string of the molecule is CC(C)C1CCCN1C(=O)c1ccc(Br)c(F)c1. The van der Waals surface area contributed by atoms with Gasteiger partial charge in [-0.25, -0.2) is 4.39 Å². The molecule has 1 aromatic carbocycles. The van der Waals surface area contributed by atoms with Crippen molar-refractivity contribution in [3.8, 4) is 0 Å². The van der Waals surface area contributed by atoms with Gasteiger partial charge < -0.3 is 4.90 Å². The van der Waals surface area contributed by atoms with E-state index in [1.165, 1.54) is 6.07 Å². The second kappa shape index (κ2) is 5.39. The lowest BCUT2D eigenvalue weighted by atomic mass is 10.0. The van der Waals surface area contributed by atoms with Crippen molar-refractivity contribution < 1.29 is 9.18 Å². The van der Waals surface area contributed by atoms with E-state index in [1.807, 2.05) is 4.90 Å². The highest BCUT2D eigenvalue weighted by Crippen LogP contribution is 2.26. The average Bonchev–Trinajstić information content (AvgIpc) is 2.81. The Balaban J connectivity index is 2.22. The molecule has 0 aliphatic carbocycles. The van der Waals surface area contributed by atoms with E-state index in [0.29, 0.717) is 16.0 Å². The molecule has 1 aliphatic rings. The lowest BCUT2D eigenvalue weighted by molar-refractivity contribution is 0.0701. The molecule has 1 aromatic rings. The zero-order chi connectivity index (χ0) is 13.3. The summed E-state index contributed by atoms with van der Waals surface area (Å²) >= 11 is 3.10. The van der Waals surface area contributed by atoms with Gasteiger partial charge in [-0.1, -0.05) is 13.8 Å². The zero-order valence-electron chi connectivity index (χ0n) is 10.6. The van der Waals surface area contributed by atoms with Crippen molar-refractivity contribution in [2.75, 3.05) is 6.54 Å². The maximum atomic E-state index is 13.5. The molecule has 1 aliphatic heterocycles.